The third-order valence-corrected chi connectivity index (χ3v) is 4.66. The van der Waals surface area contributed by atoms with Crippen LogP contribution in [0.1, 0.15) is 43.2 Å². The molecule has 0 spiro atoms. The van der Waals surface area contributed by atoms with E-state index in [4.69, 9.17) is 0 Å². The molecule has 0 bridgehead atoms. The SMILES string of the molecule is CCCC(=O)Nc1cccc(NC(=O)C2CC2c2cccc(C(F)(F)F)c2)c1. The molecule has 0 heterocycles. The molecular formula is C21H21F3N2O2. The van der Waals surface area contributed by atoms with Gasteiger partial charge in [-0.1, -0.05) is 31.2 Å². The molecule has 1 fully saturated rings. The van der Waals surface area contributed by atoms with E-state index in [-0.39, 0.29) is 23.7 Å². The van der Waals surface area contributed by atoms with Crippen molar-refractivity contribution in [2.24, 2.45) is 5.92 Å². The van der Waals surface area contributed by atoms with Crippen molar-refractivity contribution in [3.8, 4) is 0 Å². The van der Waals surface area contributed by atoms with E-state index in [2.05, 4.69) is 10.6 Å². The number of carbonyl (C=O) groups excluding carboxylic acids is 2. The highest BCUT2D eigenvalue weighted by molar-refractivity contribution is 5.96. The highest BCUT2D eigenvalue weighted by Gasteiger charge is 2.44. The van der Waals surface area contributed by atoms with Gasteiger partial charge in [-0.3, -0.25) is 9.59 Å². The lowest BCUT2D eigenvalue weighted by molar-refractivity contribution is -0.137. The first-order chi connectivity index (χ1) is 13.3. The van der Waals surface area contributed by atoms with Crippen molar-refractivity contribution in [2.45, 2.75) is 38.3 Å². The molecule has 2 unspecified atom stereocenters. The lowest BCUT2D eigenvalue weighted by atomic mass is 10.1. The van der Waals surface area contributed by atoms with Crippen LogP contribution in [-0.4, -0.2) is 11.8 Å². The number of hydrogen-bond donors (Lipinski definition) is 2. The fraction of sp³-hybridized carbons (Fsp3) is 0.333. The summed E-state index contributed by atoms with van der Waals surface area (Å²) in [5.74, 6) is -0.909. The lowest BCUT2D eigenvalue weighted by Crippen LogP contribution is -2.15. The Hall–Kier alpha value is -2.83. The summed E-state index contributed by atoms with van der Waals surface area (Å²) < 4.78 is 38.6. The van der Waals surface area contributed by atoms with E-state index in [1.165, 1.54) is 6.07 Å². The molecule has 1 saturated carbocycles. The Kier molecular flexibility index (Phi) is 5.72. The van der Waals surface area contributed by atoms with Gasteiger partial charge in [-0.15, -0.1) is 0 Å². The van der Waals surface area contributed by atoms with Crippen molar-refractivity contribution in [3.63, 3.8) is 0 Å². The zero-order chi connectivity index (χ0) is 20.3. The molecule has 7 heteroatoms. The molecule has 0 radical (unpaired) electrons. The van der Waals surface area contributed by atoms with Crippen LogP contribution in [-0.2, 0) is 15.8 Å². The van der Waals surface area contributed by atoms with Crippen LogP contribution >= 0.6 is 0 Å². The second-order valence-corrected chi connectivity index (χ2v) is 6.94. The van der Waals surface area contributed by atoms with Gasteiger partial charge in [0.05, 0.1) is 5.56 Å². The zero-order valence-electron chi connectivity index (χ0n) is 15.3. The van der Waals surface area contributed by atoms with E-state index in [9.17, 15) is 22.8 Å². The monoisotopic (exact) mass is 390 g/mol. The molecule has 0 aliphatic heterocycles. The second kappa shape index (κ2) is 8.04. The Morgan fingerprint density at radius 1 is 1.04 bits per heavy atom. The predicted molar refractivity (Wildman–Crippen MR) is 101 cm³/mol. The molecule has 2 atom stereocenters. The maximum Gasteiger partial charge on any atom is 0.416 e. The van der Waals surface area contributed by atoms with Gasteiger partial charge in [0, 0.05) is 23.7 Å². The van der Waals surface area contributed by atoms with Crippen molar-refractivity contribution in [1.29, 1.82) is 0 Å². The van der Waals surface area contributed by atoms with E-state index < -0.39 is 11.7 Å². The van der Waals surface area contributed by atoms with Gasteiger partial charge >= 0.3 is 6.18 Å². The van der Waals surface area contributed by atoms with E-state index in [1.807, 2.05) is 6.92 Å². The smallest absolute Gasteiger partial charge is 0.326 e. The van der Waals surface area contributed by atoms with Crippen LogP contribution in [0, 0.1) is 5.92 Å². The van der Waals surface area contributed by atoms with Gasteiger partial charge in [0.2, 0.25) is 11.8 Å². The van der Waals surface area contributed by atoms with E-state index in [1.54, 1.807) is 30.3 Å². The minimum absolute atomic E-state index is 0.0993. The van der Waals surface area contributed by atoms with Gasteiger partial charge in [0.1, 0.15) is 0 Å². The number of halogens is 3. The standard InChI is InChI=1S/C21H21F3N2O2/c1-2-5-19(27)25-15-8-4-9-16(11-15)26-20(28)18-12-17(18)13-6-3-7-14(10-13)21(22,23)24/h3-4,6-11,17-18H,2,5,12H2,1H3,(H,25,27)(H,26,28). The Balaban J connectivity index is 1.62. The number of hydrogen-bond acceptors (Lipinski definition) is 2. The first-order valence-electron chi connectivity index (χ1n) is 9.16. The molecule has 1 aliphatic rings. The molecule has 2 aromatic carbocycles. The molecule has 1 aliphatic carbocycles. The molecule has 2 N–H and O–H groups in total. The predicted octanol–water partition coefficient (Wildman–Crippen LogP) is 5.19. The topological polar surface area (TPSA) is 58.2 Å². The fourth-order valence-electron chi connectivity index (χ4n) is 3.16. The highest BCUT2D eigenvalue weighted by atomic mass is 19.4. The summed E-state index contributed by atoms with van der Waals surface area (Å²) >= 11 is 0. The number of anilines is 2. The molecule has 2 aromatic rings. The first-order valence-corrected chi connectivity index (χ1v) is 9.16. The molecule has 0 saturated heterocycles. The van der Waals surface area contributed by atoms with Crippen molar-refractivity contribution in [3.05, 3.63) is 59.7 Å². The third kappa shape index (κ3) is 4.91. The summed E-state index contributed by atoms with van der Waals surface area (Å²) in [7, 11) is 0. The van der Waals surface area contributed by atoms with Crippen LogP contribution in [0.3, 0.4) is 0 Å². The first kappa shape index (κ1) is 19.9. The molecule has 2 amide bonds. The van der Waals surface area contributed by atoms with Crippen LogP contribution in [0.15, 0.2) is 48.5 Å². The molecule has 28 heavy (non-hydrogen) atoms. The van der Waals surface area contributed by atoms with Crippen LogP contribution in [0.25, 0.3) is 0 Å². The van der Waals surface area contributed by atoms with Crippen molar-refractivity contribution in [1.82, 2.24) is 0 Å². The Labute approximate surface area is 161 Å². The van der Waals surface area contributed by atoms with Gasteiger partial charge in [-0.2, -0.15) is 13.2 Å². The molecule has 148 valence electrons. The Bertz CT molecular complexity index is 880. The minimum Gasteiger partial charge on any atom is -0.326 e. The number of amides is 2. The zero-order valence-corrected chi connectivity index (χ0v) is 15.3. The summed E-state index contributed by atoms with van der Waals surface area (Å²) in [6.07, 6.45) is -2.73. The van der Waals surface area contributed by atoms with E-state index in [0.717, 1.165) is 18.6 Å². The fourth-order valence-corrected chi connectivity index (χ4v) is 3.16. The summed E-state index contributed by atoms with van der Waals surface area (Å²) in [6.45, 7) is 1.91. The van der Waals surface area contributed by atoms with Crippen LogP contribution in [0.5, 0.6) is 0 Å². The highest BCUT2D eigenvalue weighted by Crippen LogP contribution is 2.48. The Morgan fingerprint density at radius 3 is 2.39 bits per heavy atom. The molecule has 3 rings (SSSR count). The van der Waals surface area contributed by atoms with Crippen LogP contribution in [0.2, 0.25) is 0 Å². The number of carbonyl (C=O) groups is 2. The number of benzene rings is 2. The quantitative estimate of drug-likeness (QED) is 0.713. The largest absolute Gasteiger partial charge is 0.416 e. The van der Waals surface area contributed by atoms with Crippen LogP contribution in [0.4, 0.5) is 24.5 Å². The van der Waals surface area contributed by atoms with Crippen molar-refractivity contribution in [2.75, 3.05) is 10.6 Å². The average molecular weight is 390 g/mol. The number of nitrogens with one attached hydrogen (secondary N) is 2. The summed E-state index contributed by atoms with van der Waals surface area (Å²) in [6, 6.07) is 11.9. The molecule has 0 aromatic heterocycles. The average Bonchev–Trinajstić information content (AvgIpc) is 3.42. The van der Waals surface area contributed by atoms with Gasteiger partial charge in [-0.25, -0.2) is 0 Å². The number of rotatable bonds is 6. The summed E-state index contributed by atoms with van der Waals surface area (Å²) in [4.78, 5) is 24.1. The molecular weight excluding hydrogens is 369 g/mol. The van der Waals surface area contributed by atoms with Crippen LogP contribution < -0.4 is 10.6 Å². The van der Waals surface area contributed by atoms with Gasteiger partial charge in [0.15, 0.2) is 0 Å². The Morgan fingerprint density at radius 2 is 1.71 bits per heavy atom. The van der Waals surface area contributed by atoms with E-state index >= 15 is 0 Å². The van der Waals surface area contributed by atoms with E-state index in [0.29, 0.717) is 29.8 Å². The van der Waals surface area contributed by atoms with Crippen molar-refractivity contribution >= 4 is 23.2 Å². The second-order valence-electron chi connectivity index (χ2n) is 6.94. The summed E-state index contributed by atoms with van der Waals surface area (Å²) in [5.41, 5.74) is 0.942. The van der Waals surface area contributed by atoms with Gasteiger partial charge in [-0.05, 0) is 48.6 Å². The van der Waals surface area contributed by atoms with Crippen molar-refractivity contribution < 1.29 is 22.8 Å². The third-order valence-electron chi connectivity index (χ3n) is 4.66. The normalized spacial score (nSPS) is 18.4. The minimum atomic E-state index is -4.40. The maximum atomic E-state index is 12.9. The lowest BCUT2D eigenvalue weighted by Gasteiger charge is -2.10. The number of alkyl halides is 3. The summed E-state index contributed by atoms with van der Waals surface area (Å²) in [5, 5.41) is 5.54. The maximum absolute atomic E-state index is 12.9. The molecule has 4 nitrogen and oxygen atoms in total. The van der Waals surface area contributed by atoms with Gasteiger partial charge < -0.3 is 10.6 Å². The van der Waals surface area contributed by atoms with Gasteiger partial charge in [0.25, 0.3) is 0 Å².